The third kappa shape index (κ3) is 7.25. The van der Waals surface area contributed by atoms with Crippen LogP contribution in [0.3, 0.4) is 0 Å². The van der Waals surface area contributed by atoms with Gasteiger partial charge in [0.25, 0.3) is 0 Å². The normalized spacial score (nSPS) is 15.1. The van der Waals surface area contributed by atoms with E-state index in [-0.39, 0.29) is 30.7 Å². The van der Waals surface area contributed by atoms with E-state index in [9.17, 15) is 4.79 Å². The summed E-state index contributed by atoms with van der Waals surface area (Å²) in [5.41, 5.74) is 7.71. The highest BCUT2D eigenvalue weighted by Gasteiger charge is 2.19. The van der Waals surface area contributed by atoms with Crippen molar-refractivity contribution in [3.8, 4) is 0 Å². The standard InChI is InChI=1S/C17H25N3O.2ClH/c1-2-11-20-12-9-15(10-13-20)19-17(21)8-7-14-5-3-4-6-16(14)18;;/h2-6,15H,1,7-13,18H2,(H,19,21);2*1H. The van der Waals surface area contributed by atoms with Crippen molar-refractivity contribution in [1.29, 1.82) is 0 Å². The van der Waals surface area contributed by atoms with Gasteiger partial charge in [-0.2, -0.15) is 0 Å². The van der Waals surface area contributed by atoms with Crippen LogP contribution in [-0.4, -0.2) is 36.5 Å². The molecule has 0 atom stereocenters. The van der Waals surface area contributed by atoms with Gasteiger partial charge in [-0.25, -0.2) is 0 Å². The van der Waals surface area contributed by atoms with E-state index >= 15 is 0 Å². The lowest BCUT2D eigenvalue weighted by Crippen LogP contribution is -2.44. The number of rotatable bonds is 6. The summed E-state index contributed by atoms with van der Waals surface area (Å²) in [6, 6.07) is 8.04. The van der Waals surface area contributed by atoms with E-state index in [4.69, 9.17) is 5.73 Å². The number of nitrogens with one attached hydrogen (secondary N) is 1. The molecule has 0 radical (unpaired) electrons. The molecule has 130 valence electrons. The Bertz CT molecular complexity index is 488. The van der Waals surface area contributed by atoms with Crippen LogP contribution in [0.5, 0.6) is 0 Å². The van der Waals surface area contributed by atoms with Crippen molar-refractivity contribution in [2.45, 2.75) is 31.7 Å². The SMILES string of the molecule is C=CCN1CCC(NC(=O)CCc2ccccc2N)CC1.Cl.Cl. The number of para-hydroxylation sites is 1. The molecule has 1 amide bonds. The number of piperidine rings is 1. The van der Waals surface area contributed by atoms with Crippen LogP contribution < -0.4 is 11.1 Å². The molecule has 4 nitrogen and oxygen atoms in total. The van der Waals surface area contributed by atoms with Crippen LogP contribution in [0.1, 0.15) is 24.8 Å². The minimum absolute atomic E-state index is 0. The molecule has 0 aliphatic carbocycles. The van der Waals surface area contributed by atoms with Crippen LogP contribution in [0.2, 0.25) is 0 Å². The van der Waals surface area contributed by atoms with Crippen LogP contribution in [0.4, 0.5) is 5.69 Å². The molecule has 23 heavy (non-hydrogen) atoms. The van der Waals surface area contributed by atoms with Gasteiger partial charge in [0, 0.05) is 37.8 Å². The topological polar surface area (TPSA) is 58.4 Å². The maximum absolute atomic E-state index is 12.0. The first-order chi connectivity index (χ1) is 10.2. The summed E-state index contributed by atoms with van der Waals surface area (Å²) in [4.78, 5) is 14.4. The Morgan fingerprint density at radius 2 is 1.96 bits per heavy atom. The van der Waals surface area contributed by atoms with Crippen LogP contribution in [0, 0.1) is 0 Å². The van der Waals surface area contributed by atoms with Crippen molar-refractivity contribution in [2.24, 2.45) is 0 Å². The van der Waals surface area contributed by atoms with E-state index in [1.54, 1.807) is 0 Å². The van der Waals surface area contributed by atoms with Gasteiger partial charge in [-0.3, -0.25) is 9.69 Å². The molecule has 1 aromatic rings. The quantitative estimate of drug-likeness (QED) is 0.606. The van der Waals surface area contributed by atoms with Gasteiger partial charge in [0.05, 0.1) is 0 Å². The van der Waals surface area contributed by atoms with Crippen molar-refractivity contribution < 1.29 is 4.79 Å². The monoisotopic (exact) mass is 359 g/mol. The van der Waals surface area contributed by atoms with Gasteiger partial charge in [-0.05, 0) is 30.9 Å². The molecule has 0 bridgehead atoms. The fourth-order valence-electron chi connectivity index (χ4n) is 2.75. The zero-order chi connectivity index (χ0) is 15.1. The number of anilines is 1. The Hall–Kier alpha value is -1.23. The Morgan fingerprint density at radius 1 is 1.30 bits per heavy atom. The van der Waals surface area contributed by atoms with Gasteiger partial charge in [-0.15, -0.1) is 31.4 Å². The average molecular weight is 360 g/mol. The second-order valence-electron chi connectivity index (χ2n) is 5.63. The van der Waals surface area contributed by atoms with E-state index in [0.717, 1.165) is 43.7 Å². The Morgan fingerprint density at radius 3 is 2.57 bits per heavy atom. The van der Waals surface area contributed by atoms with Gasteiger partial charge in [0.15, 0.2) is 0 Å². The van der Waals surface area contributed by atoms with Crippen molar-refractivity contribution >= 4 is 36.4 Å². The molecule has 1 heterocycles. The van der Waals surface area contributed by atoms with E-state index in [0.29, 0.717) is 18.9 Å². The molecule has 0 aromatic heterocycles. The van der Waals surface area contributed by atoms with Crippen LogP contribution in [0.15, 0.2) is 36.9 Å². The summed E-state index contributed by atoms with van der Waals surface area (Å²) >= 11 is 0. The van der Waals surface area contributed by atoms with Crippen molar-refractivity contribution in [2.75, 3.05) is 25.4 Å². The number of amides is 1. The van der Waals surface area contributed by atoms with Crippen molar-refractivity contribution in [1.82, 2.24) is 10.2 Å². The number of hydrogen-bond donors (Lipinski definition) is 2. The number of nitrogens with two attached hydrogens (primary N) is 1. The molecular weight excluding hydrogens is 333 g/mol. The summed E-state index contributed by atoms with van der Waals surface area (Å²) < 4.78 is 0. The number of aryl methyl sites for hydroxylation is 1. The highest BCUT2D eigenvalue weighted by atomic mass is 35.5. The molecule has 2 rings (SSSR count). The maximum Gasteiger partial charge on any atom is 0.220 e. The predicted octanol–water partition coefficient (Wildman–Crippen LogP) is 2.81. The zero-order valence-electron chi connectivity index (χ0n) is 13.4. The number of carbonyl (C=O) groups is 1. The lowest BCUT2D eigenvalue weighted by Gasteiger charge is -2.31. The van der Waals surface area contributed by atoms with Gasteiger partial charge in [-0.1, -0.05) is 24.3 Å². The van der Waals surface area contributed by atoms with E-state index < -0.39 is 0 Å². The molecule has 1 fully saturated rings. The number of carbonyl (C=O) groups excluding carboxylic acids is 1. The van der Waals surface area contributed by atoms with E-state index in [1.807, 2.05) is 30.3 Å². The largest absolute Gasteiger partial charge is 0.399 e. The predicted molar refractivity (Wildman–Crippen MR) is 101 cm³/mol. The summed E-state index contributed by atoms with van der Waals surface area (Å²) in [7, 11) is 0. The van der Waals surface area contributed by atoms with Gasteiger partial charge in [0.1, 0.15) is 0 Å². The number of nitrogens with zero attached hydrogens (tertiary/aromatic N) is 1. The first-order valence-electron chi connectivity index (χ1n) is 7.65. The van der Waals surface area contributed by atoms with Crippen molar-refractivity contribution in [3.05, 3.63) is 42.5 Å². The Labute approximate surface area is 151 Å². The third-order valence-electron chi connectivity index (χ3n) is 4.02. The minimum Gasteiger partial charge on any atom is -0.399 e. The molecule has 1 aromatic carbocycles. The Kier molecular flexibility index (Phi) is 10.7. The zero-order valence-corrected chi connectivity index (χ0v) is 15.0. The van der Waals surface area contributed by atoms with E-state index in [1.165, 1.54) is 0 Å². The number of likely N-dealkylation sites (tertiary alicyclic amines) is 1. The molecule has 0 unspecified atom stereocenters. The Balaban J connectivity index is 0.00000242. The number of benzene rings is 1. The van der Waals surface area contributed by atoms with Crippen LogP contribution >= 0.6 is 24.8 Å². The second kappa shape index (κ2) is 11.3. The molecular formula is C17H27Cl2N3O. The maximum atomic E-state index is 12.0. The summed E-state index contributed by atoms with van der Waals surface area (Å²) in [5.74, 6) is 0.125. The fraction of sp³-hybridized carbons (Fsp3) is 0.471. The first-order valence-corrected chi connectivity index (χ1v) is 7.65. The lowest BCUT2D eigenvalue weighted by atomic mass is 10.0. The molecule has 1 aliphatic rings. The van der Waals surface area contributed by atoms with Crippen molar-refractivity contribution in [3.63, 3.8) is 0 Å². The lowest BCUT2D eigenvalue weighted by molar-refractivity contribution is -0.122. The van der Waals surface area contributed by atoms with Crippen LogP contribution in [0.25, 0.3) is 0 Å². The first kappa shape index (κ1) is 21.8. The van der Waals surface area contributed by atoms with Crippen LogP contribution in [-0.2, 0) is 11.2 Å². The molecule has 1 saturated heterocycles. The molecule has 1 aliphatic heterocycles. The average Bonchev–Trinajstić information content (AvgIpc) is 2.49. The number of nitrogen functional groups attached to an aromatic ring is 1. The fourth-order valence-corrected chi connectivity index (χ4v) is 2.75. The molecule has 0 saturated carbocycles. The number of hydrogen-bond acceptors (Lipinski definition) is 3. The minimum atomic E-state index is 0. The smallest absolute Gasteiger partial charge is 0.220 e. The molecule has 0 spiro atoms. The highest BCUT2D eigenvalue weighted by Crippen LogP contribution is 2.14. The molecule has 6 heteroatoms. The highest BCUT2D eigenvalue weighted by molar-refractivity contribution is 5.85. The third-order valence-corrected chi connectivity index (χ3v) is 4.02. The summed E-state index contributed by atoms with van der Waals surface area (Å²) in [6.45, 7) is 6.76. The second-order valence-corrected chi connectivity index (χ2v) is 5.63. The summed E-state index contributed by atoms with van der Waals surface area (Å²) in [6.07, 6.45) is 5.18. The van der Waals surface area contributed by atoms with Gasteiger partial charge < -0.3 is 11.1 Å². The number of halogens is 2. The molecule has 3 N–H and O–H groups in total. The summed E-state index contributed by atoms with van der Waals surface area (Å²) in [5, 5.41) is 3.14. The van der Waals surface area contributed by atoms with Gasteiger partial charge in [0.2, 0.25) is 5.91 Å². The van der Waals surface area contributed by atoms with E-state index in [2.05, 4.69) is 16.8 Å². The van der Waals surface area contributed by atoms with Gasteiger partial charge >= 0.3 is 0 Å².